The zero-order valence-electron chi connectivity index (χ0n) is 7.91. The van der Waals surface area contributed by atoms with Crippen molar-refractivity contribution in [1.82, 2.24) is 24.9 Å². The first-order valence-corrected chi connectivity index (χ1v) is 4.21. The molecule has 2 rings (SSSR count). The summed E-state index contributed by atoms with van der Waals surface area (Å²) in [5.41, 5.74) is -0.0837. The predicted molar refractivity (Wildman–Crippen MR) is 50.2 cm³/mol. The minimum atomic E-state index is -0.504. The second-order valence-corrected chi connectivity index (χ2v) is 2.89. The Morgan fingerprint density at radius 2 is 2.40 bits per heavy atom. The second kappa shape index (κ2) is 3.58. The first kappa shape index (κ1) is 9.46. The molecule has 0 radical (unpaired) electrons. The van der Waals surface area contributed by atoms with Gasteiger partial charge in [0.25, 0.3) is 5.78 Å². The summed E-state index contributed by atoms with van der Waals surface area (Å²) in [5, 5.41) is 21.0. The fourth-order valence-electron chi connectivity index (χ4n) is 1.20. The highest BCUT2D eigenvalue weighted by molar-refractivity contribution is 5.34. The van der Waals surface area contributed by atoms with Gasteiger partial charge >= 0.3 is 5.69 Å². The number of fused-ring (bicyclic) bond motifs is 1. The maximum atomic E-state index is 10.5. The Hall–Kier alpha value is -2.09. The quantitative estimate of drug-likeness (QED) is 0.551. The molecule has 0 spiro atoms. The van der Waals surface area contributed by atoms with E-state index in [4.69, 9.17) is 0 Å². The molecule has 0 saturated heterocycles. The molecule has 8 heteroatoms. The Kier molecular flexibility index (Phi) is 2.26. The molecular weight excluding hydrogens is 200 g/mol. The standard InChI is InChI=1S/C7H8N6O2/c1-8-3-6-10-11-7-9-2-5(13(14)15)4-12(6)7/h2,4,8H,3H2,1H3. The van der Waals surface area contributed by atoms with Crippen molar-refractivity contribution in [2.75, 3.05) is 7.05 Å². The Labute approximate surface area is 84.1 Å². The van der Waals surface area contributed by atoms with Crippen molar-refractivity contribution in [3.05, 3.63) is 28.3 Å². The smallest absolute Gasteiger partial charge is 0.304 e. The average molecular weight is 208 g/mol. The molecule has 0 atom stereocenters. The SMILES string of the molecule is CNCc1nnc2ncc([N+](=O)[O-])cn12. The van der Waals surface area contributed by atoms with E-state index in [0.29, 0.717) is 18.1 Å². The van der Waals surface area contributed by atoms with E-state index < -0.39 is 4.92 Å². The van der Waals surface area contributed by atoms with E-state index >= 15 is 0 Å². The number of aromatic nitrogens is 4. The first-order chi connectivity index (χ1) is 7.22. The highest BCUT2D eigenvalue weighted by atomic mass is 16.6. The Bertz CT molecular complexity index is 507. The van der Waals surface area contributed by atoms with Crippen molar-refractivity contribution >= 4 is 11.5 Å². The third kappa shape index (κ3) is 1.62. The van der Waals surface area contributed by atoms with Gasteiger partial charge in [0.1, 0.15) is 6.20 Å². The van der Waals surface area contributed by atoms with Crippen LogP contribution in [0.25, 0.3) is 5.78 Å². The summed E-state index contributed by atoms with van der Waals surface area (Å²) in [4.78, 5) is 13.9. The lowest BCUT2D eigenvalue weighted by Gasteiger charge is -1.97. The molecule has 0 aromatic carbocycles. The fraction of sp³-hybridized carbons (Fsp3) is 0.286. The van der Waals surface area contributed by atoms with Gasteiger partial charge in [0, 0.05) is 0 Å². The van der Waals surface area contributed by atoms with E-state index in [-0.39, 0.29) is 5.69 Å². The third-order valence-corrected chi connectivity index (χ3v) is 1.87. The van der Waals surface area contributed by atoms with Gasteiger partial charge in [0.15, 0.2) is 5.82 Å². The van der Waals surface area contributed by atoms with Crippen molar-refractivity contribution in [3.8, 4) is 0 Å². The molecule has 0 unspecified atom stereocenters. The molecule has 15 heavy (non-hydrogen) atoms. The van der Waals surface area contributed by atoms with Crippen LogP contribution in [0.2, 0.25) is 0 Å². The van der Waals surface area contributed by atoms with Crippen LogP contribution in [0, 0.1) is 10.1 Å². The van der Waals surface area contributed by atoms with Crippen LogP contribution >= 0.6 is 0 Å². The van der Waals surface area contributed by atoms with Gasteiger partial charge in [-0.15, -0.1) is 10.2 Å². The van der Waals surface area contributed by atoms with Gasteiger partial charge in [-0.1, -0.05) is 0 Å². The van der Waals surface area contributed by atoms with E-state index in [9.17, 15) is 10.1 Å². The number of hydrogen-bond donors (Lipinski definition) is 1. The molecule has 0 amide bonds. The normalized spacial score (nSPS) is 10.7. The molecule has 0 aliphatic rings. The molecule has 2 aromatic heterocycles. The van der Waals surface area contributed by atoms with Crippen LogP contribution < -0.4 is 5.32 Å². The first-order valence-electron chi connectivity index (χ1n) is 4.21. The van der Waals surface area contributed by atoms with E-state index in [1.807, 2.05) is 0 Å². The van der Waals surface area contributed by atoms with E-state index in [2.05, 4.69) is 20.5 Å². The van der Waals surface area contributed by atoms with Crippen molar-refractivity contribution in [2.24, 2.45) is 0 Å². The van der Waals surface area contributed by atoms with Crippen LogP contribution in [0.15, 0.2) is 12.4 Å². The summed E-state index contributed by atoms with van der Waals surface area (Å²) in [5.74, 6) is 0.939. The number of nitrogens with zero attached hydrogens (tertiary/aromatic N) is 5. The number of nitrogens with one attached hydrogen (secondary N) is 1. The van der Waals surface area contributed by atoms with Crippen molar-refractivity contribution in [1.29, 1.82) is 0 Å². The molecule has 78 valence electrons. The zero-order chi connectivity index (χ0) is 10.8. The van der Waals surface area contributed by atoms with E-state index in [1.54, 1.807) is 7.05 Å². The number of hydrogen-bond acceptors (Lipinski definition) is 6. The molecule has 1 N–H and O–H groups in total. The molecule has 0 aliphatic carbocycles. The molecule has 0 saturated carbocycles. The van der Waals surface area contributed by atoms with Gasteiger partial charge in [-0.2, -0.15) is 0 Å². The van der Waals surface area contributed by atoms with E-state index in [0.717, 1.165) is 6.20 Å². The summed E-state index contributed by atoms with van der Waals surface area (Å²) in [6, 6.07) is 0. The minimum absolute atomic E-state index is 0.0837. The Morgan fingerprint density at radius 1 is 1.60 bits per heavy atom. The van der Waals surface area contributed by atoms with Crippen LogP contribution in [0.3, 0.4) is 0 Å². The molecule has 0 bridgehead atoms. The lowest BCUT2D eigenvalue weighted by Crippen LogP contribution is -2.09. The topological polar surface area (TPSA) is 98.2 Å². The molecular formula is C7H8N6O2. The summed E-state index contributed by atoms with van der Waals surface area (Å²) >= 11 is 0. The number of nitro groups is 1. The fourth-order valence-corrected chi connectivity index (χ4v) is 1.20. The minimum Gasteiger partial charge on any atom is -0.313 e. The average Bonchev–Trinajstić information content (AvgIpc) is 2.61. The van der Waals surface area contributed by atoms with Crippen LogP contribution in [0.5, 0.6) is 0 Å². The van der Waals surface area contributed by atoms with Crippen LogP contribution in [-0.4, -0.2) is 31.6 Å². The molecule has 0 aliphatic heterocycles. The summed E-state index contributed by atoms with van der Waals surface area (Å²) < 4.78 is 1.49. The predicted octanol–water partition coefficient (Wildman–Crippen LogP) is -0.248. The van der Waals surface area contributed by atoms with Gasteiger partial charge in [0.05, 0.1) is 17.7 Å². The van der Waals surface area contributed by atoms with Crippen molar-refractivity contribution in [3.63, 3.8) is 0 Å². The molecule has 8 nitrogen and oxygen atoms in total. The van der Waals surface area contributed by atoms with Crippen molar-refractivity contribution < 1.29 is 4.92 Å². The Morgan fingerprint density at radius 3 is 3.07 bits per heavy atom. The number of rotatable bonds is 3. The van der Waals surface area contributed by atoms with Crippen LogP contribution in [-0.2, 0) is 6.54 Å². The highest BCUT2D eigenvalue weighted by Gasteiger charge is 2.11. The van der Waals surface area contributed by atoms with Gasteiger partial charge in [-0.25, -0.2) is 4.98 Å². The largest absolute Gasteiger partial charge is 0.313 e. The van der Waals surface area contributed by atoms with Crippen molar-refractivity contribution in [2.45, 2.75) is 6.54 Å². The van der Waals surface area contributed by atoms with Crippen LogP contribution in [0.4, 0.5) is 5.69 Å². The molecule has 0 fully saturated rings. The lowest BCUT2D eigenvalue weighted by molar-refractivity contribution is -0.385. The summed E-state index contributed by atoms with van der Waals surface area (Å²) in [7, 11) is 1.76. The molecule has 2 aromatic rings. The highest BCUT2D eigenvalue weighted by Crippen LogP contribution is 2.10. The van der Waals surface area contributed by atoms with Gasteiger partial charge in [-0.3, -0.25) is 14.5 Å². The summed E-state index contributed by atoms with van der Waals surface area (Å²) in [6.45, 7) is 0.476. The monoisotopic (exact) mass is 208 g/mol. The maximum Gasteiger partial charge on any atom is 0.304 e. The van der Waals surface area contributed by atoms with Gasteiger partial charge in [-0.05, 0) is 7.05 Å². The van der Waals surface area contributed by atoms with Gasteiger partial charge < -0.3 is 5.32 Å². The van der Waals surface area contributed by atoms with Gasteiger partial charge in [0.2, 0.25) is 0 Å². The maximum absolute atomic E-state index is 10.5. The molecule has 2 heterocycles. The third-order valence-electron chi connectivity index (χ3n) is 1.87. The zero-order valence-corrected chi connectivity index (χ0v) is 7.91. The summed E-state index contributed by atoms with van der Waals surface area (Å²) in [6.07, 6.45) is 2.52. The van der Waals surface area contributed by atoms with E-state index in [1.165, 1.54) is 10.6 Å². The Balaban J connectivity index is 2.56. The second-order valence-electron chi connectivity index (χ2n) is 2.89. The van der Waals surface area contributed by atoms with Crippen LogP contribution in [0.1, 0.15) is 5.82 Å². The lowest BCUT2D eigenvalue weighted by atomic mass is 10.5.